The zero-order chi connectivity index (χ0) is 13.7. The third-order valence-electron chi connectivity index (χ3n) is 2.61. The molecule has 0 fully saturated rings. The van der Waals surface area contributed by atoms with Crippen LogP contribution in [0.15, 0.2) is 12.3 Å². The SMILES string of the molecule is COC(=O)CC(C)S(=O)Cc1ccn(C(C)C)n1. The molecule has 0 aliphatic carbocycles. The van der Waals surface area contributed by atoms with E-state index in [1.165, 1.54) is 7.11 Å². The van der Waals surface area contributed by atoms with E-state index in [1.54, 1.807) is 6.92 Å². The second kappa shape index (κ2) is 6.68. The van der Waals surface area contributed by atoms with Crippen molar-refractivity contribution in [1.82, 2.24) is 9.78 Å². The van der Waals surface area contributed by atoms with Gasteiger partial charge in [0.15, 0.2) is 0 Å². The summed E-state index contributed by atoms with van der Waals surface area (Å²) in [5.41, 5.74) is 0.791. The summed E-state index contributed by atoms with van der Waals surface area (Å²) in [6.45, 7) is 5.85. The minimum Gasteiger partial charge on any atom is -0.469 e. The van der Waals surface area contributed by atoms with Gasteiger partial charge in [-0.3, -0.25) is 13.7 Å². The van der Waals surface area contributed by atoms with Crippen molar-refractivity contribution >= 4 is 16.8 Å². The quantitative estimate of drug-likeness (QED) is 0.739. The Morgan fingerprint density at radius 3 is 2.67 bits per heavy atom. The Morgan fingerprint density at radius 1 is 1.50 bits per heavy atom. The van der Waals surface area contributed by atoms with Gasteiger partial charge in [-0.2, -0.15) is 5.10 Å². The second-order valence-corrected chi connectivity index (χ2v) is 6.35. The van der Waals surface area contributed by atoms with Gasteiger partial charge in [0.05, 0.1) is 25.0 Å². The number of esters is 1. The Bertz CT molecular complexity index is 429. The van der Waals surface area contributed by atoms with Crippen molar-refractivity contribution in [1.29, 1.82) is 0 Å². The molecule has 0 saturated heterocycles. The second-order valence-electron chi connectivity index (χ2n) is 4.50. The van der Waals surface area contributed by atoms with Gasteiger partial charge in [-0.25, -0.2) is 0 Å². The molecule has 1 aromatic rings. The van der Waals surface area contributed by atoms with E-state index in [0.29, 0.717) is 11.8 Å². The first-order chi connectivity index (χ1) is 8.43. The highest BCUT2D eigenvalue weighted by Crippen LogP contribution is 2.10. The Hall–Kier alpha value is -1.17. The molecule has 0 aromatic carbocycles. The third kappa shape index (κ3) is 4.25. The summed E-state index contributed by atoms with van der Waals surface area (Å²) in [4.78, 5) is 11.1. The average molecular weight is 272 g/mol. The van der Waals surface area contributed by atoms with Gasteiger partial charge >= 0.3 is 5.97 Å². The smallest absolute Gasteiger partial charge is 0.306 e. The van der Waals surface area contributed by atoms with Gasteiger partial charge in [-0.15, -0.1) is 0 Å². The maximum atomic E-state index is 12.0. The predicted octanol–water partition coefficient (Wildman–Crippen LogP) is 1.66. The van der Waals surface area contributed by atoms with E-state index in [2.05, 4.69) is 9.84 Å². The van der Waals surface area contributed by atoms with E-state index < -0.39 is 10.8 Å². The van der Waals surface area contributed by atoms with E-state index in [9.17, 15) is 9.00 Å². The Labute approximate surface area is 110 Å². The summed E-state index contributed by atoms with van der Waals surface area (Å²) < 4.78 is 18.4. The minimum absolute atomic E-state index is 0.175. The molecule has 6 heteroatoms. The number of hydrogen-bond donors (Lipinski definition) is 0. The van der Waals surface area contributed by atoms with E-state index >= 15 is 0 Å². The first-order valence-electron chi connectivity index (χ1n) is 5.92. The van der Waals surface area contributed by atoms with E-state index in [-0.39, 0.29) is 17.6 Å². The molecule has 0 aliphatic rings. The molecule has 0 aliphatic heterocycles. The lowest BCUT2D eigenvalue weighted by atomic mass is 10.3. The van der Waals surface area contributed by atoms with Crippen LogP contribution < -0.4 is 0 Å². The van der Waals surface area contributed by atoms with Crippen LogP contribution in [0.25, 0.3) is 0 Å². The zero-order valence-electron chi connectivity index (χ0n) is 11.3. The number of carbonyl (C=O) groups excluding carboxylic acids is 1. The summed E-state index contributed by atoms with van der Waals surface area (Å²) >= 11 is 0. The number of ether oxygens (including phenoxy) is 1. The van der Waals surface area contributed by atoms with Crippen LogP contribution in [-0.4, -0.2) is 32.3 Å². The Balaban J connectivity index is 2.55. The fourth-order valence-corrected chi connectivity index (χ4v) is 2.49. The molecule has 0 spiro atoms. The maximum Gasteiger partial charge on any atom is 0.306 e. The standard InChI is InChI=1S/C12H20N2O3S/c1-9(2)14-6-5-11(13-14)8-18(16)10(3)7-12(15)17-4/h5-6,9-10H,7-8H2,1-4H3. The van der Waals surface area contributed by atoms with Crippen LogP contribution in [0.1, 0.15) is 38.9 Å². The summed E-state index contributed by atoms with van der Waals surface area (Å²) in [6, 6.07) is 2.16. The summed E-state index contributed by atoms with van der Waals surface area (Å²) in [6.07, 6.45) is 2.05. The van der Waals surface area contributed by atoms with Crippen LogP contribution in [0.4, 0.5) is 0 Å². The zero-order valence-corrected chi connectivity index (χ0v) is 12.1. The van der Waals surface area contributed by atoms with Crippen LogP contribution in [0.5, 0.6) is 0 Å². The van der Waals surface area contributed by atoms with Crippen molar-refractivity contribution in [3.8, 4) is 0 Å². The largest absolute Gasteiger partial charge is 0.469 e. The number of carbonyl (C=O) groups is 1. The highest BCUT2D eigenvalue weighted by atomic mass is 32.2. The van der Waals surface area contributed by atoms with Crippen molar-refractivity contribution in [2.24, 2.45) is 0 Å². The molecule has 1 rings (SSSR count). The lowest BCUT2D eigenvalue weighted by Gasteiger charge is -2.09. The normalized spacial score (nSPS) is 14.5. The van der Waals surface area contributed by atoms with E-state index in [0.717, 1.165) is 5.69 Å². The molecule has 5 nitrogen and oxygen atoms in total. The fourth-order valence-electron chi connectivity index (χ4n) is 1.44. The van der Waals surface area contributed by atoms with Gasteiger partial charge in [0, 0.05) is 28.3 Å². The van der Waals surface area contributed by atoms with Crippen LogP contribution in [-0.2, 0) is 26.1 Å². The van der Waals surface area contributed by atoms with Gasteiger partial charge in [0.1, 0.15) is 0 Å². The predicted molar refractivity (Wildman–Crippen MR) is 70.6 cm³/mol. The maximum absolute atomic E-state index is 12.0. The molecule has 2 unspecified atom stereocenters. The van der Waals surface area contributed by atoms with E-state index in [1.807, 2.05) is 30.8 Å². The molecule has 0 saturated carbocycles. The number of hydrogen-bond acceptors (Lipinski definition) is 4. The van der Waals surface area contributed by atoms with Gasteiger partial charge in [-0.1, -0.05) is 6.92 Å². The highest BCUT2D eigenvalue weighted by molar-refractivity contribution is 7.84. The first kappa shape index (κ1) is 14.9. The van der Waals surface area contributed by atoms with Gasteiger partial charge < -0.3 is 4.74 Å². The Kier molecular flexibility index (Phi) is 5.53. The van der Waals surface area contributed by atoms with Crippen LogP contribution >= 0.6 is 0 Å². The van der Waals surface area contributed by atoms with Crippen LogP contribution in [0.2, 0.25) is 0 Å². The molecule has 102 valence electrons. The molecule has 1 heterocycles. The van der Waals surface area contributed by atoms with Crippen LogP contribution in [0, 0.1) is 0 Å². The summed E-state index contributed by atoms with van der Waals surface area (Å²) in [5.74, 6) is 0.0429. The molecule has 2 atom stereocenters. The van der Waals surface area contributed by atoms with Gasteiger partial charge in [0.25, 0.3) is 0 Å². The van der Waals surface area contributed by atoms with Crippen molar-refractivity contribution in [2.45, 2.75) is 44.2 Å². The summed E-state index contributed by atoms with van der Waals surface area (Å²) in [5, 5.41) is 4.12. The molecule has 18 heavy (non-hydrogen) atoms. The van der Waals surface area contributed by atoms with Crippen LogP contribution in [0.3, 0.4) is 0 Å². The molecule has 0 radical (unpaired) electrons. The molecule has 0 bridgehead atoms. The monoisotopic (exact) mass is 272 g/mol. The molecule has 0 amide bonds. The number of methoxy groups -OCH3 is 1. The van der Waals surface area contributed by atoms with Gasteiger partial charge in [-0.05, 0) is 19.9 Å². The van der Waals surface area contributed by atoms with Crippen molar-refractivity contribution < 1.29 is 13.7 Å². The molecular formula is C12H20N2O3S. The van der Waals surface area contributed by atoms with Crippen molar-refractivity contribution in [2.75, 3.05) is 7.11 Å². The van der Waals surface area contributed by atoms with Crippen molar-refractivity contribution in [3.05, 3.63) is 18.0 Å². The number of rotatable bonds is 6. The highest BCUT2D eigenvalue weighted by Gasteiger charge is 2.17. The first-order valence-corrected chi connectivity index (χ1v) is 7.30. The fraction of sp³-hybridized carbons (Fsp3) is 0.667. The van der Waals surface area contributed by atoms with E-state index in [4.69, 9.17) is 0 Å². The van der Waals surface area contributed by atoms with Crippen molar-refractivity contribution in [3.63, 3.8) is 0 Å². The lowest BCUT2D eigenvalue weighted by Crippen LogP contribution is -2.18. The molecular weight excluding hydrogens is 252 g/mol. The topological polar surface area (TPSA) is 61.2 Å². The molecule has 0 N–H and O–H groups in total. The summed E-state index contributed by atoms with van der Waals surface area (Å²) in [7, 11) is 0.221. The number of aromatic nitrogens is 2. The molecule has 1 aromatic heterocycles. The third-order valence-corrected chi connectivity index (χ3v) is 4.26. The van der Waals surface area contributed by atoms with Gasteiger partial charge in [0.2, 0.25) is 0 Å². The number of nitrogens with zero attached hydrogens (tertiary/aromatic N) is 2. The Morgan fingerprint density at radius 2 is 2.17 bits per heavy atom. The lowest BCUT2D eigenvalue weighted by molar-refractivity contribution is -0.140. The minimum atomic E-state index is -1.11. The average Bonchev–Trinajstić information content (AvgIpc) is 2.77.